The molecule has 0 saturated carbocycles. The number of benzene rings is 2. The number of urea groups is 1. The fraction of sp³-hybridized carbons (Fsp3) is 0.375. The number of ether oxygens (including phenoxy) is 2. The molecule has 1 fully saturated rings. The van der Waals surface area contributed by atoms with E-state index in [1.165, 1.54) is 24.3 Å². The predicted molar refractivity (Wildman–Crippen MR) is 123 cm³/mol. The number of hydrogen-bond acceptors (Lipinski definition) is 5. The number of carbonyl (C=O) groups excluding carboxylic acids is 3. The Morgan fingerprint density at radius 1 is 1.15 bits per heavy atom. The van der Waals surface area contributed by atoms with Gasteiger partial charge in [0, 0.05) is 19.8 Å². The van der Waals surface area contributed by atoms with E-state index in [4.69, 9.17) is 9.47 Å². The van der Waals surface area contributed by atoms with Crippen molar-refractivity contribution in [1.29, 1.82) is 0 Å². The minimum Gasteiger partial charge on any atom is -0.490 e. The highest BCUT2D eigenvalue weighted by atomic mass is 19.1. The molecule has 2 aromatic carbocycles. The van der Waals surface area contributed by atoms with Crippen molar-refractivity contribution in [2.24, 2.45) is 0 Å². The average Bonchev–Trinajstić information content (AvgIpc) is 2.83. The van der Waals surface area contributed by atoms with E-state index < -0.39 is 11.8 Å². The first-order valence-electron chi connectivity index (χ1n) is 11.1. The van der Waals surface area contributed by atoms with Crippen LogP contribution in [-0.2, 0) is 9.53 Å². The molecular weight excluding hydrogens is 443 g/mol. The summed E-state index contributed by atoms with van der Waals surface area (Å²) >= 11 is 0. The smallest absolute Gasteiger partial charge is 0.323 e. The molecule has 2 aromatic rings. The molecule has 2 aliphatic rings. The molecule has 4 amide bonds. The lowest BCUT2D eigenvalue weighted by Gasteiger charge is -2.42. The van der Waals surface area contributed by atoms with Crippen molar-refractivity contribution in [1.82, 2.24) is 10.2 Å². The molecular formula is C24H27FN4O5. The van der Waals surface area contributed by atoms with Crippen molar-refractivity contribution in [3.05, 3.63) is 53.8 Å². The summed E-state index contributed by atoms with van der Waals surface area (Å²) in [4.78, 5) is 39.0. The molecule has 34 heavy (non-hydrogen) atoms. The van der Waals surface area contributed by atoms with Crippen molar-refractivity contribution in [2.45, 2.75) is 37.5 Å². The van der Waals surface area contributed by atoms with E-state index in [0.717, 1.165) is 0 Å². The first-order valence-corrected chi connectivity index (χ1v) is 11.1. The summed E-state index contributed by atoms with van der Waals surface area (Å²) in [6.07, 6.45) is 0.993. The number of likely N-dealkylation sites (N-methyl/N-ethyl adjacent to an activating group) is 1. The number of para-hydroxylation sites is 1. The molecule has 3 atom stereocenters. The van der Waals surface area contributed by atoms with Crippen LogP contribution in [0.4, 0.5) is 20.6 Å². The molecule has 4 rings (SSSR count). The number of halogens is 1. The van der Waals surface area contributed by atoms with Crippen molar-refractivity contribution >= 4 is 29.2 Å². The van der Waals surface area contributed by atoms with E-state index in [9.17, 15) is 18.8 Å². The first-order chi connectivity index (χ1) is 16.4. The lowest BCUT2D eigenvalue weighted by molar-refractivity contribution is -0.133. The SMILES string of the molecule is CNC(=O)C[C@H]1CC[C@@H]2[C@H](COc3ccc(NC(=O)Nc4ccccc4F)cc3C(=O)N2C)O1. The highest BCUT2D eigenvalue weighted by Gasteiger charge is 2.39. The molecule has 9 nitrogen and oxygen atoms in total. The minimum atomic E-state index is -0.638. The van der Waals surface area contributed by atoms with Crippen LogP contribution in [-0.4, -0.2) is 61.7 Å². The molecule has 0 aliphatic carbocycles. The monoisotopic (exact) mass is 470 g/mol. The predicted octanol–water partition coefficient (Wildman–Crippen LogP) is 2.99. The Bertz CT molecular complexity index is 1090. The summed E-state index contributed by atoms with van der Waals surface area (Å²) < 4.78 is 25.8. The molecule has 2 aliphatic heterocycles. The molecule has 0 radical (unpaired) electrons. The standard InChI is InChI=1S/C24H27FN4O5/c1-26-22(30)12-15-8-9-19-21(34-15)13-33-20-10-7-14(11-16(20)23(31)29(19)2)27-24(32)28-18-6-4-3-5-17(18)25/h3-7,10-11,15,19,21H,8-9,12-13H2,1-2H3,(H,26,30)(H2,27,28,32)/t15-,19-,21+/m1/s1. The van der Waals surface area contributed by atoms with Gasteiger partial charge in [-0.25, -0.2) is 9.18 Å². The van der Waals surface area contributed by atoms with Gasteiger partial charge < -0.3 is 30.3 Å². The van der Waals surface area contributed by atoms with Gasteiger partial charge >= 0.3 is 6.03 Å². The van der Waals surface area contributed by atoms with E-state index in [2.05, 4.69) is 16.0 Å². The molecule has 3 N–H and O–H groups in total. The zero-order valence-electron chi connectivity index (χ0n) is 19.0. The van der Waals surface area contributed by atoms with E-state index >= 15 is 0 Å². The number of amides is 4. The molecule has 2 heterocycles. The number of fused-ring (bicyclic) bond motifs is 2. The third-order valence-corrected chi connectivity index (χ3v) is 6.08. The van der Waals surface area contributed by atoms with Gasteiger partial charge in [0.05, 0.1) is 29.8 Å². The van der Waals surface area contributed by atoms with Gasteiger partial charge in [-0.2, -0.15) is 0 Å². The molecule has 1 saturated heterocycles. The van der Waals surface area contributed by atoms with Crippen LogP contribution in [0.15, 0.2) is 42.5 Å². The molecule has 0 unspecified atom stereocenters. The number of rotatable bonds is 4. The maximum absolute atomic E-state index is 13.8. The second-order valence-electron chi connectivity index (χ2n) is 8.32. The zero-order valence-corrected chi connectivity index (χ0v) is 19.0. The van der Waals surface area contributed by atoms with Gasteiger partial charge in [0.1, 0.15) is 24.3 Å². The van der Waals surface area contributed by atoms with Crippen LogP contribution in [0.5, 0.6) is 5.75 Å². The van der Waals surface area contributed by atoms with Crippen LogP contribution in [0, 0.1) is 5.82 Å². The third kappa shape index (κ3) is 5.12. The maximum atomic E-state index is 13.8. The topological polar surface area (TPSA) is 109 Å². The molecule has 0 aromatic heterocycles. The summed E-state index contributed by atoms with van der Waals surface area (Å²) in [5, 5.41) is 7.67. The first kappa shape index (κ1) is 23.5. The molecule has 10 heteroatoms. The Balaban J connectivity index is 1.48. The van der Waals surface area contributed by atoms with Gasteiger partial charge in [-0.1, -0.05) is 12.1 Å². The molecule has 0 spiro atoms. The van der Waals surface area contributed by atoms with Gasteiger partial charge in [-0.05, 0) is 43.2 Å². The van der Waals surface area contributed by atoms with E-state index in [0.29, 0.717) is 29.8 Å². The van der Waals surface area contributed by atoms with Crippen LogP contribution in [0.2, 0.25) is 0 Å². The second-order valence-corrected chi connectivity index (χ2v) is 8.32. The van der Waals surface area contributed by atoms with Crippen molar-refractivity contribution < 1.29 is 28.2 Å². The Morgan fingerprint density at radius 3 is 2.71 bits per heavy atom. The Morgan fingerprint density at radius 2 is 1.94 bits per heavy atom. The summed E-state index contributed by atoms with van der Waals surface area (Å²) in [6, 6.07) is 9.72. The number of carbonyl (C=O) groups is 3. The second kappa shape index (κ2) is 10.1. The third-order valence-electron chi connectivity index (χ3n) is 6.08. The summed E-state index contributed by atoms with van der Waals surface area (Å²) in [7, 11) is 3.30. The van der Waals surface area contributed by atoms with Gasteiger partial charge in [0.25, 0.3) is 5.91 Å². The van der Waals surface area contributed by atoms with Gasteiger partial charge in [-0.15, -0.1) is 0 Å². The van der Waals surface area contributed by atoms with Crippen LogP contribution in [0.25, 0.3) is 0 Å². The minimum absolute atomic E-state index is 0.0449. The quantitative estimate of drug-likeness (QED) is 0.637. The maximum Gasteiger partial charge on any atom is 0.323 e. The highest BCUT2D eigenvalue weighted by molar-refractivity contribution is 6.02. The van der Waals surface area contributed by atoms with E-state index in [1.807, 2.05) is 0 Å². The fourth-order valence-corrected chi connectivity index (χ4v) is 4.26. The molecule has 0 bridgehead atoms. The van der Waals surface area contributed by atoms with Gasteiger partial charge in [-0.3, -0.25) is 9.59 Å². The summed E-state index contributed by atoms with van der Waals surface area (Å²) in [5.74, 6) is -0.546. The van der Waals surface area contributed by atoms with Crippen LogP contribution < -0.4 is 20.7 Å². The normalized spacial score (nSPS) is 21.8. The number of anilines is 2. The highest BCUT2D eigenvalue weighted by Crippen LogP contribution is 2.32. The lowest BCUT2D eigenvalue weighted by atomic mass is 9.94. The van der Waals surface area contributed by atoms with Gasteiger partial charge in [0.15, 0.2) is 0 Å². The van der Waals surface area contributed by atoms with Gasteiger partial charge in [0.2, 0.25) is 5.91 Å². The van der Waals surface area contributed by atoms with Crippen LogP contribution >= 0.6 is 0 Å². The van der Waals surface area contributed by atoms with Crippen molar-refractivity contribution in [3.63, 3.8) is 0 Å². The summed E-state index contributed by atoms with van der Waals surface area (Å²) in [5.41, 5.74) is 0.709. The summed E-state index contributed by atoms with van der Waals surface area (Å²) in [6.45, 7) is 0.222. The Labute approximate surface area is 196 Å². The zero-order chi connectivity index (χ0) is 24.2. The fourth-order valence-electron chi connectivity index (χ4n) is 4.26. The number of nitrogens with zero attached hydrogens (tertiary/aromatic N) is 1. The average molecular weight is 471 g/mol. The van der Waals surface area contributed by atoms with Crippen LogP contribution in [0.3, 0.4) is 0 Å². The lowest BCUT2D eigenvalue weighted by Crippen LogP contribution is -2.53. The molecule has 180 valence electrons. The number of nitrogens with one attached hydrogen (secondary N) is 3. The van der Waals surface area contributed by atoms with Crippen molar-refractivity contribution in [3.8, 4) is 5.75 Å². The largest absolute Gasteiger partial charge is 0.490 e. The Hall–Kier alpha value is -3.66. The van der Waals surface area contributed by atoms with Crippen LogP contribution in [0.1, 0.15) is 29.6 Å². The van der Waals surface area contributed by atoms with E-state index in [-0.39, 0.29) is 48.8 Å². The van der Waals surface area contributed by atoms with E-state index in [1.54, 1.807) is 37.2 Å². The van der Waals surface area contributed by atoms with Crippen molar-refractivity contribution in [2.75, 3.05) is 31.3 Å². The Kier molecular flexibility index (Phi) is 6.97. The number of hydrogen-bond donors (Lipinski definition) is 3.